The molecule has 0 heterocycles. The largest absolute Gasteiger partial charge is 0.382 e. The Morgan fingerprint density at radius 2 is 1.74 bits per heavy atom. The molecule has 3 N–H and O–H groups in total. The molecule has 2 rings (SSSR count). The summed E-state index contributed by atoms with van der Waals surface area (Å²) in [6, 6.07) is 15.4. The van der Waals surface area contributed by atoms with Gasteiger partial charge in [-0.3, -0.25) is 15.5 Å². The Balaban J connectivity index is 2.21. The fourth-order valence-electron chi connectivity index (χ4n) is 1.52. The topological polar surface area (TPSA) is 93.5 Å². The number of anilines is 1. The molecule has 0 spiro atoms. The molecule has 0 aliphatic carbocycles. The Hall–Kier alpha value is -2.89. The van der Waals surface area contributed by atoms with E-state index in [0.717, 1.165) is 5.56 Å². The van der Waals surface area contributed by atoms with E-state index in [9.17, 15) is 10.1 Å². The van der Waals surface area contributed by atoms with Gasteiger partial charge in [0.2, 0.25) is 0 Å². The molecule has 19 heavy (non-hydrogen) atoms. The SMILES string of the molecule is N/C(=N/Nc1ccccc1[N+](=O)[O-])c1ccccc1. The highest BCUT2D eigenvalue weighted by Gasteiger charge is 2.11. The average Bonchev–Trinajstić information content (AvgIpc) is 2.46. The minimum atomic E-state index is -0.476. The van der Waals surface area contributed by atoms with Gasteiger partial charge in [-0.25, -0.2) is 0 Å². The van der Waals surface area contributed by atoms with Crippen LogP contribution in [-0.4, -0.2) is 10.8 Å². The Morgan fingerprint density at radius 1 is 1.11 bits per heavy atom. The monoisotopic (exact) mass is 256 g/mol. The lowest BCUT2D eigenvalue weighted by Crippen LogP contribution is -2.15. The first-order valence-electron chi connectivity index (χ1n) is 5.56. The van der Waals surface area contributed by atoms with E-state index in [2.05, 4.69) is 10.5 Å². The van der Waals surface area contributed by atoms with Crippen LogP contribution in [-0.2, 0) is 0 Å². The van der Waals surface area contributed by atoms with E-state index in [1.165, 1.54) is 6.07 Å². The maximum absolute atomic E-state index is 10.8. The number of rotatable bonds is 4. The van der Waals surface area contributed by atoms with E-state index >= 15 is 0 Å². The lowest BCUT2D eigenvalue weighted by molar-refractivity contribution is -0.384. The van der Waals surface area contributed by atoms with Gasteiger partial charge in [0.15, 0.2) is 5.84 Å². The highest BCUT2D eigenvalue weighted by molar-refractivity contribution is 5.97. The van der Waals surface area contributed by atoms with Crippen molar-refractivity contribution in [3.8, 4) is 0 Å². The maximum atomic E-state index is 10.8. The second kappa shape index (κ2) is 5.63. The van der Waals surface area contributed by atoms with Crippen molar-refractivity contribution in [1.82, 2.24) is 0 Å². The molecule has 0 saturated carbocycles. The minimum absolute atomic E-state index is 0.0490. The Morgan fingerprint density at radius 3 is 2.42 bits per heavy atom. The molecule has 0 bridgehead atoms. The molecule has 0 aromatic heterocycles. The van der Waals surface area contributed by atoms with Crippen molar-refractivity contribution in [2.45, 2.75) is 0 Å². The van der Waals surface area contributed by atoms with Gasteiger partial charge >= 0.3 is 0 Å². The smallest absolute Gasteiger partial charge is 0.294 e. The molecule has 0 aliphatic rings. The van der Waals surface area contributed by atoms with Gasteiger partial charge in [0.1, 0.15) is 5.69 Å². The van der Waals surface area contributed by atoms with Crippen LogP contribution in [0.25, 0.3) is 0 Å². The first-order chi connectivity index (χ1) is 9.18. The number of nitrogens with zero attached hydrogens (tertiary/aromatic N) is 2. The number of nitro benzene ring substituents is 1. The van der Waals surface area contributed by atoms with Crippen molar-refractivity contribution in [3.63, 3.8) is 0 Å². The number of para-hydroxylation sites is 2. The molecule has 0 fully saturated rings. The second-order valence-electron chi connectivity index (χ2n) is 3.75. The lowest BCUT2D eigenvalue weighted by atomic mass is 10.2. The lowest BCUT2D eigenvalue weighted by Gasteiger charge is -2.03. The third-order valence-corrected chi connectivity index (χ3v) is 2.47. The summed E-state index contributed by atoms with van der Waals surface area (Å²) in [4.78, 5) is 10.3. The van der Waals surface area contributed by atoms with Crippen LogP contribution in [0.4, 0.5) is 11.4 Å². The van der Waals surface area contributed by atoms with E-state index in [-0.39, 0.29) is 11.5 Å². The zero-order valence-corrected chi connectivity index (χ0v) is 9.98. The summed E-state index contributed by atoms with van der Waals surface area (Å²) in [6.45, 7) is 0. The number of hydrogen-bond acceptors (Lipinski definition) is 4. The third kappa shape index (κ3) is 3.06. The van der Waals surface area contributed by atoms with E-state index in [4.69, 9.17) is 5.73 Å². The fourth-order valence-corrected chi connectivity index (χ4v) is 1.52. The van der Waals surface area contributed by atoms with Crippen molar-refractivity contribution >= 4 is 17.2 Å². The number of benzene rings is 2. The summed E-state index contributed by atoms with van der Waals surface area (Å²) in [6.07, 6.45) is 0. The van der Waals surface area contributed by atoms with Crippen LogP contribution in [0.15, 0.2) is 59.7 Å². The van der Waals surface area contributed by atoms with Gasteiger partial charge in [-0.15, -0.1) is 0 Å². The number of nitrogens with two attached hydrogens (primary N) is 1. The number of amidine groups is 1. The fraction of sp³-hybridized carbons (Fsp3) is 0. The highest BCUT2D eigenvalue weighted by Crippen LogP contribution is 2.22. The summed E-state index contributed by atoms with van der Waals surface area (Å²) >= 11 is 0. The molecule has 2 aromatic carbocycles. The van der Waals surface area contributed by atoms with E-state index in [1.54, 1.807) is 30.3 Å². The maximum Gasteiger partial charge on any atom is 0.294 e. The quantitative estimate of drug-likeness (QED) is 0.380. The van der Waals surface area contributed by atoms with Gasteiger partial charge in [-0.1, -0.05) is 42.5 Å². The molecule has 0 aliphatic heterocycles. The molecule has 0 saturated heterocycles. The highest BCUT2D eigenvalue weighted by atomic mass is 16.6. The Kier molecular flexibility index (Phi) is 3.72. The predicted octanol–water partition coefficient (Wildman–Crippen LogP) is 2.33. The number of hydrogen-bond donors (Lipinski definition) is 2. The molecule has 0 atom stereocenters. The van der Waals surface area contributed by atoms with Crippen molar-refractivity contribution in [1.29, 1.82) is 0 Å². The summed E-state index contributed by atoms with van der Waals surface area (Å²) in [7, 11) is 0. The minimum Gasteiger partial charge on any atom is -0.382 e. The summed E-state index contributed by atoms with van der Waals surface area (Å²) < 4.78 is 0. The molecule has 6 nitrogen and oxygen atoms in total. The van der Waals surface area contributed by atoms with Gasteiger partial charge in [0.05, 0.1) is 4.92 Å². The summed E-state index contributed by atoms with van der Waals surface area (Å²) in [5.41, 5.74) is 9.39. The zero-order valence-electron chi connectivity index (χ0n) is 9.98. The second-order valence-corrected chi connectivity index (χ2v) is 3.75. The van der Waals surface area contributed by atoms with Crippen molar-refractivity contribution in [2.75, 3.05) is 5.43 Å². The van der Waals surface area contributed by atoms with E-state index in [0.29, 0.717) is 5.69 Å². The van der Waals surface area contributed by atoms with Crippen LogP contribution in [0.1, 0.15) is 5.56 Å². The van der Waals surface area contributed by atoms with E-state index in [1.807, 2.05) is 18.2 Å². The third-order valence-electron chi connectivity index (χ3n) is 2.47. The molecule has 6 heteroatoms. The molecule has 96 valence electrons. The Bertz CT molecular complexity index is 611. The van der Waals surface area contributed by atoms with Crippen LogP contribution >= 0.6 is 0 Å². The van der Waals surface area contributed by atoms with Crippen molar-refractivity contribution in [3.05, 3.63) is 70.3 Å². The normalized spacial score (nSPS) is 11.1. The molecule has 0 amide bonds. The molecular weight excluding hydrogens is 244 g/mol. The standard InChI is InChI=1S/C13H12N4O2/c14-13(10-6-2-1-3-7-10)16-15-11-8-4-5-9-12(11)17(18)19/h1-9,15H,(H2,14,16). The number of hydrazone groups is 1. The Labute approximate surface area is 109 Å². The predicted molar refractivity (Wildman–Crippen MR) is 73.9 cm³/mol. The van der Waals surface area contributed by atoms with Crippen LogP contribution in [0.5, 0.6) is 0 Å². The first-order valence-corrected chi connectivity index (χ1v) is 5.56. The van der Waals surface area contributed by atoms with Gasteiger partial charge in [-0.05, 0) is 6.07 Å². The average molecular weight is 256 g/mol. The zero-order chi connectivity index (χ0) is 13.7. The van der Waals surface area contributed by atoms with Crippen LogP contribution in [0.3, 0.4) is 0 Å². The first kappa shape index (κ1) is 12.6. The molecular formula is C13H12N4O2. The van der Waals surface area contributed by atoms with Crippen LogP contribution < -0.4 is 11.2 Å². The van der Waals surface area contributed by atoms with Gasteiger partial charge < -0.3 is 5.73 Å². The molecule has 0 radical (unpaired) electrons. The number of nitrogens with one attached hydrogen (secondary N) is 1. The van der Waals surface area contributed by atoms with Gasteiger partial charge in [0.25, 0.3) is 5.69 Å². The van der Waals surface area contributed by atoms with Crippen LogP contribution in [0, 0.1) is 10.1 Å². The van der Waals surface area contributed by atoms with Crippen LogP contribution in [0.2, 0.25) is 0 Å². The van der Waals surface area contributed by atoms with Gasteiger partial charge in [0, 0.05) is 11.6 Å². The van der Waals surface area contributed by atoms with Crippen molar-refractivity contribution in [2.24, 2.45) is 10.8 Å². The van der Waals surface area contributed by atoms with Crippen molar-refractivity contribution < 1.29 is 4.92 Å². The van der Waals surface area contributed by atoms with Gasteiger partial charge in [-0.2, -0.15) is 5.10 Å². The summed E-state index contributed by atoms with van der Waals surface area (Å²) in [5, 5.41) is 14.8. The summed E-state index contributed by atoms with van der Waals surface area (Å²) in [5.74, 6) is 0.263. The number of nitro groups is 1. The molecule has 2 aromatic rings. The molecule has 0 unspecified atom stereocenters. The van der Waals surface area contributed by atoms with E-state index < -0.39 is 4.92 Å².